The van der Waals surface area contributed by atoms with Gasteiger partial charge in [0, 0.05) is 18.3 Å². The Morgan fingerprint density at radius 1 is 1.04 bits per heavy atom. The maximum Gasteiger partial charge on any atom is 0.416 e. The van der Waals surface area contributed by atoms with Gasteiger partial charge in [-0.2, -0.15) is 18.2 Å². The summed E-state index contributed by atoms with van der Waals surface area (Å²) < 4.78 is 39.3. The smallest absolute Gasteiger partial charge is 0.370 e. The van der Waals surface area contributed by atoms with Crippen LogP contribution in [0.4, 0.5) is 19.0 Å². The van der Waals surface area contributed by atoms with E-state index >= 15 is 0 Å². The molecule has 0 amide bonds. The summed E-state index contributed by atoms with van der Waals surface area (Å²) in [5.74, 6) is 0.572. The van der Waals surface area contributed by atoms with E-state index in [0.29, 0.717) is 11.4 Å². The first-order valence-electron chi connectivity index (χ1n) is 9.79. The summed E-state index contributed by atoms with van der Waals surface area (Å²) in [5, 5.41) is 3.21. The SMILES string of the molecule is CCCCCCCCNc1nc(=O)n(Cc2ccc(C(F)(F)F)cc2)cc1C. The Morgan fingerprint density at radius 3 is 2.32 bits per heavy atom. The Morgan fingerprint density at radius 2 is 1.68 bits per heavy atom. The summed E-state index contributed by atoms with van der Waals surface area (Å²) in [4.78, 5) is 16.4. The number of rotatable bonds is 10. The van der Waals surface area contributed by atoms with Crippen molar-refractivity contribution in [2.75, 3.05) is 11.9 Å². The van der Waals surface area contributed by atoms with Crippen molar-refractivity contribution in [1.82, 2.24) is 9.55 Å². The molecule has 1 N–H and O–H groups in total. The molecule has 0 spiro atoms. The topological polar surface area (TPSA) is 46.9 Å². The second-order valence-electron chi connectivity index (χ2n) is 7.07. The summed E-state index contributed by atoms with van der Waals surface area (Å²) in [6.07, 6.45) is 4.48. The van der Waals surface area contributed by atoms with E-state index in [-0.39, 0.29) is 6.54 Å². The zero-order valence-electron chi connectivity index (χ0n) is 16.5. The standard InChI is InChI=1S/C21H28F3N3O/c1-3-4-5-6-7-8-13-25-19-16(2)14-27(20(28)26-19)15-17-9-11-18(12-10-17)21(22,23)24/h9-12,14H,3-8,13,15H2,1-2H3,(H,25,26,28). The van der Waals surface area contributed by atoms with Crippen molar-refractivity contribution in [3.63, 3.8) is 0 Å². The molecule has 2 rings (SSSR count). The highest BCUT2D eigenvalue weighted by atomic mass is 19.4. The van der Waals surface area contributed by atoms with Gasteiger partial charge in [-0.05, 0) is 31.0 Å². The summed E-state index contributed by atoms with van der Waals surface area (Å²) in [6.45, 7) is 5.00. The van der Waals surface area contributed by atoms with E-state index in [1.807, 2.05) is 6.92 Å². The molecule has 0 radical (unpaired) electrons. The maximum atomic E-state index is 12.6. The van der Waals surface area contributed by atoms with Crippen LogP contribution in [-0.2, 0) is 12.7 Å². The van der Waals surface area contributed by atoms with Crippen LogP contribution in [0.2, 0.25) is 0 Å². The van der Waals surface area contributed by atoms with Crippen molar-refractivity contribution >= 4 is 5.82 Å². The van der Waals surface area contributed by atoms with Gasteiger partial charge in [0.25, 0.3) is 0 Å². The van der Waals surface area contributed by atoms with E-state index in [1.54, 1.807) is 6.20 Å². The van der Waals surface area contributed by atoms with Crippen LogP contribution in [0.25, 0.3) is 0 Å². The minimum atomic E-state index is -4.36. The summed E-state index contributed by atoms with van der Waals surface area (Å²) in [6, 6.07) is 4.82. The average molecular weight is 395 g/mol. The second kappa shape index (κ2) is 10.3. The Balaban J connectivity index is 1.93. The molecule has 0 atom stereocenters. The molecule has 154 valence electrons. The molecule has 7 heteroatoms. The second-order valence-corrected chi connectivity index (χ2v) is 7.07. The number of unbranched alkanes of at least 4 members (excludes halogenated alkanes) is 5. The number of nitrogens with one attached hydrogen (secondary N) is 1. The van der Waals surface area contributed by atoms with E-state index in [2.05, 4.69) is 17.2 Å². The van der Waals surface area contributed by atoms with Gasteiger partial charge in [0.05, 0.1) is 12.1 Å². The number of halogens is 3. The number of aromatic nitrogens is 2. The predicted octanol–water partition coefficient (Wildman–Crippen LogP) is 5.39. The molecule has 0 aliphatic carbocycles. The molecule has 0 bridgehead atoms. The third-order valence-electron chi connectivity index (χ3n) is 4.63. The highest BCUT2D eigenvalue weighted by molar-refractivity contribution is 5.41. The highest BCUT2D eigenvalue weighted by Gasteiger charge is 2.29. The number of alkyl halides is 3. The zero-order chi connectivity index (χ0) is 20.6. The largest absolute Gasteiger partial charge is 0.416 e. The van der Waals surface area contributed by atoms with Crippen molar-refractivity contribution in [2.24, 2.45) is 0 Å². The van der Waals surface area contributed by atoms with Crippen molar-refractivity contribution < 1.29 is 13.2 Å². The molecule has 1 aromatic heterocycles. The lowest BCUT2D eigenvalue weighted by atomic mass is 10.1. The third-order valence-corrected chi connectivity index (χ3v) is 4.63. The molecule has 0 fully saturated rings. The number of anilines is 1. The molecule has 0 saturated carbocycles. The lowest BCUT2D eigenvalue weighted by molar-refractivity contribution is -0.137. The first kappa shape index (κ1) is 22.0. The molecule has 0 aliphatic rings. The molecule has 1 aromatic carbocycles. The first-order chi connectivity index (χ1) is 13.3. The van der Waals surface area contributed by atoms with Crippen molar-refractivity contribution in [3.8, 4) is 0 Å². The summed E-state index contributed by atoms with van der Waals surface area (Å²) >= 11 is 0. The minimum absolute atomic E-state index is 0.183. The van der Waals surface area contributed by atoms with E-state index in [9.17, 15) is 18.0 Å². The summed E-state index contributed by atoms with van der Waals surface area (Å²) in [5.41, 5.74) is 0.324. The number of aryl methyl sites for hydroxylation is 1. The van der Waals surface area contributed by atoms with Gasteiger partial charge < -0.3 is 5.32 Å². The van der Waals surface area contributed by atoms with Gasteiger partial charge >= 0.3 is 11.9 Å². The number of nitrogens with zero attached hydrogens (tertiary/aromatic N) is 2. The van der Waals surface area contributed by atoms with Crippen molar-refractivity contribution in [2.45, 2.75) is 65.1 Å². The third kappa shape index (κ3) is 6.69. The molecule has 1 heterocycles. The van der Waals surface area contributed by atoms with E-state index in [1.165, 1.54) is 42.4 Å². The van der Waals surface area contributed by atoms with Crippen molar-refractivity contribution in [1.29, 1.82) is 0 Å². The average Bonchev–Trinajstić information content (AvgIpc) is 2.64. The van der Waals surface area contributed by atoms with Gasteiger partial charge in [-0.15, -0.1) is 0 Å². The Labute approximate surface area is 163 Å². The van der Waals surface area contributed by atoms with Crippen LogP contribution in [-0.4, -0.2) is 16.1 Å². The van der Waals surface area contributed by atoms with Gasteiger partial charge in [-0.3, -0.25) is 4.57 Å². The fraction of sp³-hybridized carbons (Fsp3) is 0.524. The molecular weight excluding hydrogens is 367 g/mol. The first-order valence-corrected chi connectivity index (χ1v) is 9.79. The van der Waals surface area contributed by atoms with Crippen LogP contribution in [0.5, 0.6) is 0 Å². The number of hydrogen-bond donors (Lipinski definition) is 1. The van der Waals surface area contributed by atoms with Crippen LogP contribution in [0.1, 0.15) is 62.1 Å². The van der Waals surface area contributed by atoms with Gasteiger partial charge in [-0.25, -0.2) is 4.79 Å². The Kier molecular flexibility index (Phi) is 8.08. The molecule has 0 aliphatic heterocycles. The number of benzene rings is 1. The lowest BCUT2D eigenvalue weighted by Gasteiger charge is -2.12. The summed E-state index contributed by atoms with van der Waals surface area (Å²) in [7, 11) is 0. The Bertz CT molecular complexity index is 798. The number of hydrogen-bond acceptors (Lipinski definition) is 3. The van der Waals surface area contributed by atoms with Gasteiger partial charge in [-0.1, -0.05) is 51.2 Å². The van der Waals surface area contributed by atoms with E-state index < -0.39 is 17.4 Å². The van der Waals surface area contributed by atoms with E-state index in [0.717, 1.165) is 37.1 Å². The van der Waals surface area contributed by atoms with Gasteiger partial charge in [0.15, 0.2) is 0 Å². The molecule has 4 nitrogen and oxygen atoms in total. The maximum absolute atomic E-state index is 12.6. The fourth-order valence-corrected chi connectivity index (χ4v) is 3.00. The normalized spacial score (nSPS) is 11.6. The van der Waals surface area contributed by atoms with Gasteiger partial charge in [0.1, 0.15) is 5.82 Å². The van der Waals surface area contributed by atoms with Crippen LogP contribution in [0.15, 0.2) is 35.3 Å². The van der Waals surface area contributed by atoms with Crippen LogP contribution in [0.3, 0.4) is 0 Å². The van der Waals surface area contributed by atoms with Crippen LogP contribution >= 0.6 is 0 Å². The molecule has 0 saturated heterocycles. The zero-order valence-corrected chi connectivity index (χ0v) is 16.5. The van der Waals surface area contributed by atoms with E-state index in [4.69, 9.17) is 0 Å². The monoisotopic (exact) mass is 395 g/mol. The van der Waals surface area contributed by atoms with Crippen LogP contribution in [0, 0.1) is 6.92 Å². The fourth-order valence-electron chi connectivity index (χ4n) is 3.00. The molecule has 28 heavy (non-hydrogen) atoms. The minimum Gasteiger partial charge on any atom is -0.370 e. The molecule has 0 unspecified atom stereocenters. The quantitative estimate of drug-likeness (QED) is 0.549. The Hall–Kier alpha value is -2.31. The molecule has 2 aromatic rings. The lowest BCUT2D eigenvalue weighted by Crippen LogP contribution is -2.25. The highest BCUT2D eigenvalue weighted by Crippen LogP contribution is 2.29. The predicted molar refractivity (Wildman–Crippen MR) is 106 cm³/mol. The van der Waals surface area contributed by atoms with Crippen molar-refractivity contribution in [3.05, 3.63) is 57.6 Å². The van der Waals surface area contributed by atoms with Crippen LogP contribution < -0.4 is 11.0 Å². The van der Waals surface area contributed by atoms with Gasteiger partial charge in [0.2, 0.25) is 0 Å². The molecular formula is C21H28F3N3O.